The number of carbonyl (C=O) groups is 1. The van der Waals surface area contributed by atoms with E-state index >= 15 is 0 Å². The van der Waals surface area contributed by atoms with Gasteiger partial charge in [-0.25, -0.2) is 12.8 Å². The summed E-state index contributed by atoms with van der Waals surface area (Å²) < 4.78 is 42.0. The van der Waals surface area contributed by atoms with Crippen LogP contribution in [0.5, 0.6) is 0 Å². The van der Waals surface area contributed by atoms with Crippen LogP contribution in [0.15, 0.2) is 39.8 Å². The topological polar surface area (TPSA) is 89.3 Å². The molecule has 2 rings (SSSR count). The Balaban J connectivity index is 2.07. The molecule has 0 unspecified atom stereocenters. The zero-order chi connectivity index (χ0) is 17.3. The summed E-state index contributed by atoms with van der Waals surface area (Å²) in [5, 5.41) is 6.17. The smallest absolute Gasteiger partial charge is 0.242 e. The molecule has 1 aromatic heterocycles. The summed E-state index contributed by atoms with van der Waals surface area (Å²) in [4.78, 5) is 11.8. The molecule has 1 amide bonds. The molecule has 124 valence electrons. The number of amides is 1. The van der Waals surface area contributed by atoms with Crippen molar-refractivity contribution in [3.05, 3.63) is 41.8 Å². The molecule has 0 radical (unpaired) electrons. The van der Waals surface area contributed by atoms with Crippen molar-refractivity contribution in [1.29, 1.82) is 0 Å². The van der Waals surface area contributed by atoms with E-state index in [9.17, 15) is 17.6 Å². The molecule has 0 spiro atoms. The molecule has 1 aromatic carbocycles. The Bertz CT molecular complexity index is 805. The van der Waals surface area contributed by atoms with Gasteiger partial charge in [-0.3, -0.25) is 10.1 Å². The van der Waals surface area contributed by atoms with E-state index in [0.717, 1.165) is 24.3 Å². The van der Waals surface area contributed by atoms with Crippen molar-refractivity contribution in [1.82, 2.24) is 5.16 Å². The number of nitrogens with one attached hydrogen (secondary N) is 1. The van der Waals surface area contributed by atoms with Crippen LogP contribution in [0.4, 0.5) is 10.3 Å². The van der Waals surface area contributed by atoms with Gasteiger partial charge in [0.1, 0.15) is 11.6 Å². The minimum atomic E-state index is -3.86. The van der Waals surface area contributed by atoms with Crippen LogP contribution in [0.3, 0.4) is 0 Å². The maximum atomic E-state index is 12.8. The third-order valence-corrected chi connectivity index (χ3v) is 4.67. The molecule has 1 N–H and O–H groups in total. The minimum Gasteiger partial charge on any atom is -0.338 e. The van der Waals surface area contributed by atoms with Crippen molar-refractivity contribution >= 4 is 21.6 Å². The molecular weight excluding hydrogens is 323 g/mol. The molecule has 0 aliphatic carbocycles. The van der Waals surface area contributed by atoms with Crippen molar-refractivity contribution in [2.75, 3.05) is 11.1 Å². The number of rotatable bonds is 4. The molecule has 1 heterocycles. The van der Waals surface area contributed by atoms with Gasteiger partial charge in [0.15, 0.2) is 9.84 Å². The highest BCUT2D eigenvalue weighted by Gasteiger charge is 2.22. The molecule has 0 bridgehead atoms. The molecule has 23 heavy (non-hydrogen) atoms. The van der Waals surface area contributed by atoms with Crippen LogP contribution in [0, 0.1) is 5.82 Å². The maximum absolute atomic E-state index is 12.8. The van der Waals surface area contributed by atoms with E-state index < -0.39 is 27.3 Å². The molecule has 0 aliphatic rings. The number of benzene rings is 1. The van der Waals surface area contributed by atoms with Crippen LogP contribution >= 0.6 is 0 Å². The van der Waals surface area contributed by atoms with Gasteiger partial charge < -0.3 is 4.52 Å². The van der Waals surface area contributed by atoms with Gasteiger partial charge in [0.25, 0.3) is 0 Å². The second-order valence-electron chi connectivity index (χ2n) is 6.09. The van der Waals surface area contributed by atoms with E-state index in [-0.39, 0.29) is 16.2 Å². The number of nitrogens with zero attached hydrogens (tertiary/aromatic N) is 1. The largest absolute Gasteiger partial charge is 0.338 e. The quantitative estimate of drug-likeness (QED) is 0.864. The van der Waals surface area contributed by atoms with E-state index in [2.05, 4.69) is 10.5 Å². The van der Waals surface area contributed by atoms with Gasteiger partial charge in [0, 0.05) is 11.5 Å². The number of sulfone groups is 1. The Labute approximate surface area is 133 Å². The van der Waals surface area contributed by atoms with E-state index in [4.69, 9.17) is 4.52 Å². The van der Waals surface area contributed by atoms with Gasteiger partial charge in [-0.15, -0.1) is 0 Å². The Hall–Kier alpha value is -2.22. The molecular formula is C15H17FN2O4S. The lowest BCUT2D eigenvalue weighted by Gasteiger charge is -2.12. The fourth-order valence-electron chi connectivity index (χ4n) is 1.76. The van der Waals surface area contributed by atoms with E-state index in [1.54, 1.807) is 6.07 Å². The molecule has 0 saturated heterocycles. The summed E-state index contributed by atoms with van der Waals surface area (Å²) in [5.74, 6) is -2.01. The first kappa shape index (κ1) is 17.1. The number of hydrogen-bond donors (Lipinski definition) is 1. The molecule has 2 aromatic rings. The Morgan fingerprint density at radius 1 is 1.26 bits per heavy atom. The minimum absolute atomic E-state index is 0.0780. The summed E-state index contributed by atoms with van der Waals surface area (Å²) >= 11 is 0. The standard InChI is InChI=1S/C15H17FN2O4S/c1-15(2,3)12-8-14(22-18-12)17-13(19)9-23(20,21)11-6-4-10(16)5-7-11/h4-8H,9H2,1-3H3,(H,17,19). The van der Waals surface area contributed by atoms with Gasteiger partial charge in [-0.05, 0) is 24.3 Å². The van der Waals surface area contributed by atoms with Crippen LogP contribution < -0.4 is 5.32 Å². The monoisotopic (exact) mass is 340 g/mol. The third-order valence-electron chi connectivity index (χ3n) is 3.04. The fraction of sp³-hybridized carbons (Fsp3) is 0.333. The lowest BCUT2D eigenvalue weighted by molar-refractivity contribution is -0.114. The first-order valence-corrected chi connectivity index (χ1v) is 8.48. The number of hydrogen-bond acceptors (Lipinski definition) is 5. The van der Waals surface area contributed by atoms with Crippen LogP contribution in [0.2, 0.25) is 0 Å². The first-order valence-electron chi connectivity index (χ1n) is 6.83. The second kappa shape index (κ2) is 6.11. The van der Waals surface area contributed by atoms with E-state index in [1.165, 1.54) is 0 Å². The van der Waals surface area contributed by atoms with Gasteiger partial charge in [0.2, 0.25) is 11.8 Å². The Morgan fingerprint density at radius 2 is 1.87 bits per heavy atom. The first-order chi connectivity index (χ1) is 10.6. The van der Waals surface area contributed by atoms with Crippen molar-refractivity contribution in [3.63, 3.8) is 0 Å². The van der Waals surface area contributed by atoms with Crippen molar-refractivity contribution in [2.24, 2.45) is 0 Å². The Kier molecular flexibility index (Phi) is 4.56. The van der Waals surface area contributed by atoms with Gasteiger partial charge in [-0.1, -0.05) is 25.9 Å². The lowest BCUT2D eigenvalue weighted by Crippen LogP contribution is -2.22. The van der Waals surface area contributed by atoms with Crippen LogP contribution in [-0.4, -0.2) is 25.2 Å². The molecule has 0 saturated carbocycles. The summed E-state index contributed by atoms with van der Waals surface area (Å²) in [6, 6.07) is 5.82. The zero-order valence-corrected chi connectivity index (χ0v) is 13.8. The van der Waals surface area contributed by atoms with Crippen LogP contribution in [0.25, 0.3) is 0 Å². The van der Waals surface area contributed by atoms with Crippen molar-refractivity contribution in [3.8, 4) is 0 Å². The van der Waals surface area contributed by atoms with Crippen molar-refractivity contribution < 1.29 is 22.1 Å². The number of anilines is 1. The van der Waals surface area contributed by atoms with Gasteiger partial charge >= 0.3 is 0 Å². The maximum Gasteiger partial charge on any atom is 0.242 e. The van der Waals surface area contributed by atoms with Crippen LogP contribution in [-0.2, 0) is 20.0 Å². The van der Waals surface area contributed by atoms with Gasteiger partial charge in [0.05, 0.1) is 10.6 Å². The second-order valence-corrected chi connectivity index (χ2v) is 8.08. The van der Waals surface area contributed by atoms with E-state index in [0.29, 0.717) is 5.69 Å². The highest BCUT2D eigenvalue weighted by Crippen LogP contribution is 2.23. The highest BCUT2D eigenvalue weighted by atomic mass is 32.2. The summed E-state index contributed by atoms with van der Waals surface area (Å²) in [5.41, 5.74) is 0.376. The molecule has 0 atom stereocenters. The number of carbonyl (C=O) groups excluding carboxylic acids is 1. The summed E-state index contributed by atoms with van der Waals surface area (Å²) in [6.07, 6.45) is 0. The average Bonchev–Trinajstić information content (AvgIpc) is 2.86. The summed E-state index contributed by atoms with van der Waals surface area (Å²) in [7, 11) is -3.86. The normalized spacial score (nSPS) is 12.2. The SMILES string of the molecule is CC(C)(C)c1cc(NC(=O)CS(=O)(=O)c2ccc(F)cc2)on1. The number of halogens is 1. The molecule has 8 heteroatoms. The highest BCUT2D eigenvalue weighted by molar-refractivity contribution is 7.92. The van der Waals surface area contributed by atoms with Crippen molar-refractivity contribution in [2.45, 2.75) is 31.1 Å². The third kappa shape index (κ3) is 4.38. The Morgan fingerprint density at radius 3 is 2.39 bits per heavy atom. The lowest BCUT2D eigenvalue weighted by atomic mass is 9.92. The van der Waals surface area contributed by atoms with E-state index in [1.807, 2.05) is 20.8 Å². The fourth-order valence-corrected chi connectivity index (χ4v) is 2.89. The summed E-state index contributed by atoms with van der Waals surface area (Å²) in [6.45, 7) is 5.78. The van der Waals surface area contributed by atoms with Crippen LogP contribution in [0.1, 0.15) is 26.5 Å². The molecule has 0 aliphatic heterocycles. The zero-order valence-electron chi connectivity index (χ0n) is 13.0. The predicted octanol–water partition coefficient (Wildman–Crippen LogP) is 2.52. The number of aromatic nitrogens is 1. The molecule has 0 fully saturated rings. The predicted molar refractivity (Wildman–Crippen MR) is 82.3 cm³/mol. The molecule has 6 nitrogen and oxygen atoms in total. The average molecular weight is 340 g/mol. The van der Waals surface area contributed by atoms with Gasteiger partial charge in [-0.2, -0.15) is 0 Å².